The maximum Gasteiger partial charge on any atom is 0.178 e. The minimum absolute atomic E-state index is 0.488. The van der Waals surface area contributed by atoms with Gasteiger partial charge in [-0.1, -0.05) is 68.8 Å². The lowest BCUT2D eigenvalue weighted by atomic mass is 10.0. The third-order valence-corrected chi connectivity index (χ3v) is 4.90. The second kappa shape index (κ2) is 8.77. The second-order valence-corrected chi connectivity index (χ2v) is 6.95. The number of hydrogen-bond acceptors (Lipinski definition) is 5. The van der Waals surface area contributed by atoms with Gasteiger partial charge in [0.1, 0.15) is 12.4 Å². The molecule has 0 aliphatic heterocycles. The lowest BCUT2D eigenvalue weighted by molar-refractivity contribution is 0.585. The zero-order chi connectivity index (χ0) is 20.1. The van der Waals surface area contributed by atoms with Crippen molar-refractivity contribution in [2.24, 2.45) is 0 Å². The van der Waals surface area contributed by atoms with Crippen molar-refractivity contribution >= 4 is 0 Å². The van der Waals surface area contributed by atoms with Crippen molar-refractivity contribution in [2.75, 3.05) is 0 Å². The number of nitrogens with zero attached hydrogens (tertiary/aromatic N) is 7. The van der Waals surface area contributed by atoms with Gasteiger partial charge in [-0.25, -0.2) is 9.67 Å². The number of rotatable bonds is 8. The standard InChI is InChI=1S/C22H25N7/c1-3-5-15-21-23-20(4-2)25-28(21)16-22-24-26-27-29(22)19-14-10-9-13-18(19)17-11-7-6-8-12-17/h6-14H,3-5,15-16H2,1-2H3. The Kier molecular flexibility index (Phi) is 5.74. The summed E-state index contributed by atoms with van der Waals surface area (Å²) in [4.78, 5) is 4.69. The van der Waals surface area contributed by atoms with Crippen LogP contribution in [0.25, 0.3) is 16.8 Å². The first-order chi connectivity index (χ1) is 14.3. The van der Waals surface area contributed by atoms with E-state index in [0.717, 1.165) is 60.0 Å². The summed E-state index contributed by atoms with van der Waals surface area (Å²) >= 11 is 0. The number of benzene rings is 2. The van der Waals surface area contributed by atoms with Crippen LogP contribution in [0.15, 0.2) is 54.6 Å². The first-order valence-corrected chi connectivity index (χ1v) is 10.1. The van der Waals surface area contributed by atoms with Crippen LogP contribution in [0.1, 0.15) is 44.2 Å². The van der Waals surface area contributed by atoms with Crippen LogP contribution in [-0.4, -0.2) is 35.0 Å². The molecule has 7 heteroatoms. The molecule has 0 aliphatic carbocycles. The van der Waals surface area contributed by atoms with Crippen molar-refractivity contribution in [3.8, 4) is 16.8 Å². The molecule has 7 nitrogen and oxygen atoms in total. The van der Waals surface area contributed by atoms with Gasteiger partial charge in [0.25, 0.3) is 0 Å². The molecule has 0 atom stereocenters. The minimum Gasteiger partial charge on any atom is -0.242 e. The highest BCUT2D eigenvalue weighted by Crippen LogP contribution is 2.26. The van der Waals surface area contributed by atoms with Crippen molar-refractivity contribution in [2.45, 2.75) is 46.1 Å². The highest BCUT2D eigenvalue weighted by molar-refractivity contribution is 5.72. The van der Waals surface area contributed by atoms with Crippen LogP contribution in [0.2, 0.25) is 0 Å². The average molecular weight is 387 g/mol. The van der Waals surface area contributed by atoms with E-state index in [0.29, 0.717) is 6.54 Å². The first-order valence-electron chi connectivity index (χ1n) is 10.1. The summed E-state index contributed by atoms with van der Waals surface area (Å²) < 4.78 is 3.75. The van der Waals surface area contributed by atoms with Crippen molar-refractivity contribution in [1.82, 2.24) is 35.0 Å². The van der Waals surface area contributed by atoms with E-state index in [9.17, 15) is 0 Å². The van der Waals surface area contributed by atoms with Gasteiger partial charge in [-0.05, 0) is 28.5 Å². The van der Waals surface area contributed by atoms with Crippen LogP contribution in [0.3, 0.4) is 0 Å². The van der Waals surface area contributed by atoms with Gasteiger partial charge >= 0.3 is 0 Å². The zero-order valence-electron chi connectivity index (χ0n) is 16.9. The van der Waals surface area contributed by atoms with Crippen LogP contribution >= 0.6 is 0 Å². The van der Waals surface area contributed by atoms with E-state index >= 15 is 0 Å². The van der Waals surface area contributed by atoms with Gasteiger partial charge in [0.2, 0.25) is 0 Å². The Morgan fingerprint density at radius 3 is 2.48 bits per heavy atom. The van der Waals surface area contributed by atoms with Crippen LogP contribution in [0, 0.1) is 0 Å². The summed E-state index contributed by atoms with van der Waals surface area (Å²) in [6, 6.07) is 18.4. The van der Waals surface area contributed by atoms with Gasteiger partial charge in [0.15, 0.2) is 11.6 Å². The summed E-state index contributed by atoms with van der Waals surface area (Å²) in [6.45, 7) is 4.74. The van der Waals surface area contributed by atoms with Crippen molar-refractivity contribution in [3.05, 3.63) is 72.1 Å². The van der Waals surface area contributed by atoms with Crippen molar-refractivity contribution < 1.29 is 0 Å². The number of hydrogen-bond donors (Lipinski definition) is 0. The first kappa shape index (κ1) is 19.0. The van der Waals surface area contributed by atoms with E-state index in [-0.39, 0.29) is 0 Å². The third-order valence-electron chi connectivity index (χ3n) is 4.90. The molecule has 0 aliphatic rings. The Labute approximate surface area is 170 Å². The average Bonchev–Trinajstić information content (AvgIpc) is 3.40. The molecule has 2 aromatic carbocycles. The Balaban J connectivity index is 1.70. The molecular formula is C22H25N7. The van der Waals surface area contributed by atoms with Gasteiger partial charge in [-0.15, -0.1) is 5.10 Å². The second-order valence-electron chi connectivity index (χ2n) is 6.95. The van der Waals surface area contributed by atoms with E-state index < -0.39 is 0 Å². The molecule has 0 bridgehead atoms. The summed E-state index contributed by atoms with van der Waals surface area (Å²) in [5.41, 5.74) is 3.16. The van der Waals surface area contributed by atoms with Gasteiger partial charge in [0, 0.05) is 18.4 Å². The Morgan fingerprint density at radius 1 is 0.897 bits per heavy atom. The molecule has 2 heterocycles. The smallest absolute Gasteiger partial charge is 0.178 e. The Hall–Kier alpha value is -3.35. The molecule has 0 unspecified atom stereocenters. The summed E-state index contributed by atoms with van der Waals surface area (Å²) in [5.74, 6) is 2.59. The summed E-state index contributed by atoms with van der Waals surface area (Å²) in [7, 11) is 0. The van der Waals surface area contributed by atoms with Gasteiger partial charge in [0.05, 0.1) is 5.69 Å². The van der Waals surface area contributed by atoms with Gasteiger partial charge < -0.3 is 0 Å². The van der Waals surface area contributed by atoms with Crippen LogP contribution in [0.4, 0.5) is 0 Å². The van der Waals surface area contributed by atoms with Crippen LogP contribution in [0.5, 0.6) is 0 Å². The fourth-order valence-corrected chi connectivity index (χ4v) is 3.37. The quantitative estimate of drug-likeness (QED) is 0.459. The molecule has 0 amide bonds. The maximum atomic E-state index is 4.69. The molecule has 0 N–H and O–H groups in total. The molecule has 4 rings (SSSR count). The van der Waals surface area contributed by atoms with E-state index in [1.54, 1.807) is 4.68 Å². The number of para-hydroxylation sites is 1. The molecular weight excluding hydrogens is 362 g/mol. The number of tetrazole rings is 1. The van der Waals surface area contributed by atoms with E-state index in [2.05, 4.69) is 57.7 Å². The van der Waals surface area contributed by atoms with Crippen LogP contribution < -0.4 is 0 Å². The number of aryl methyl sites for hydroxylation is 2. The van der Waals surface area contributed by atoms with Gasteiger partial charge in [-0.3, -0.25) is 0 Å². The zero-order valence-corrected chi connectivity index (χ0v) is 16.9. The largest absolute Gasteiger partial charge is 0.242 e. The molecule has 148 valence electrons. The van der Waals surface area contributed by atoms with Crippen LogP contribution in [-0.2, 0) is 19.4 Å². The Morgan fingerprint density at radius 2 is 1.69 bits per heavy atom. The third kappa shape index (κ3) is 4.08. The predicted octanol–water partition coefficient (Wildman–Crippen LogP) is 3.87. The topological polar surface area (TPSA) is 74.3 Å². The molecule has 0 saturated heterocycles. The normalized spacial score (nSPS) is 11.1. The monoisotopic (exact) mass is 387 g/mol. The SMILES string of the molecule is CCCCc1nc(CC)nn1Cc1nnnn1-c1ccccc1-c1ccccc1. The molecule has 2 aromatic heterocycles. The molecule has 29 heavy (non-hydrogen) atoms. The molecule has 4 aromatic rings. The van der Waals surface area contributed by atoms with E-state index in [1.165, 1.54) is 0 Å². The van der Waals surface area contributed by atoms with E-state index in [1.807, 2.05) is 41.1 Å². The molecule has 0 saturated carbocycles. The number of unbranched alkanes of at least 4 members (excludes halogenated alkanes) is 1. The van der Waals surface area contributed by atoms with Crippen molar-refractivity contribution in [3.63, 3.8) is 0 Å². The van der Waals surface area contributed by atoms with Gasteiger partial charge in [-0.2, -0.15) is 9.78 Å². The lowest BCUT2D eigenvalue weighted by Crippen LogP contribution is -2.13. The fraction of sp³-hybridized carbons (Fsp3) is 0.318. The minimum atomic E-state index is 0.488. The maximum absolute atomic E-state index is 4.69. The highest BCUT2D eigenvalue weighted by Gasteiger charge is 2.16. The van der Waals surface area contributed by atoms with E-state index in [4.69, 9.17) is 0 Å². The predicted molar refractivity (Wildman–Crippen MR) is 112 cm³/mol. The fourth-order valence-electron chi connectivity index (χ4n) is 3.37. The number of aromatic nitrogens is 7. The summed E-state index contributed by atoms with van der Waals surface area (Å²) in [6.07, 6.45) is 3.93. The lowest BCUT2D eigenvalue weighted by Gasteiger charge is -2.11. The molecule has 0 spiro atoms. The van der Waals surface area contributed by atoms with Crippen molar-refractivity contribution in [1.29, 1.82) is 0 Å². The highest BCUT2D eigenvalue weighted by atomic mass is 15.6. The summed E-state index contributed by atoms with van der Waals surface area (Å²) in [5, 5.41) is 17.2. The molecule has 0 fully saturated rings. The Bertz CT molecular complexity index is 1070. The molecule has 0 radical (unpaired) electrons.